The van der Waals surface area contributed by atoms with E-state index in [2.05, 4.69) is 35.0 Å². The summed E-state index contributed by atoms with van der Waals surface area (Å²) in [5, 5.41) is 0. The number of Topliss-reactive ketones (excluding diaryl/α,β-unsaturated/α-hetero) is 1. The van der Waals surface area contributed by atoms with Gasteiger partial charge < -0.3 is 4.48 Å². The lowest BCUT2D eigenvalue weighted by Crippen LogP contribution is -2.36. The Balaban J connectivity index is 3.85. The van der Waals surface area contributed by atoms with Crippen molar-refractivity contribution in [3.63, 3.8) is 0 Å². The van der Waals surface area contributed by atoms with Gasteiger partial charge in [0.15, 0.2) is 0 Å². The standard InChI is InChI=1S/C14H30NOS2/c1-7-14(8-2,13(3)16)9-11-17-18-12-10-15(4,5)6/h7-12H2,1-6H3/q+1. The number of hydrogen-bond acceptors (Lipinski definition) is 3. The van der Waals surface area contributed by atoms with Gasteiger partial charge in [0.05, 0.1) is 33.4 Å². The molecule has 0 saturated carbocycles. The molecule has 0 aliphatic heterocycles. The number of carbonyl (C=O) groups excluding carboxylic acids is 1. The Kier molecular flexibility index (Phi) is 8.65. The highest BCUT2D eigenvalue weighted by Gasteiger charge is 2.30. The molecule has 0 fully saturated rings. The molecule has 2 nitrogen and oxygen atoms in total. The van der Waals surface area contributed by atoms with Gasteiger partial charge in [0.2, 0.25) is 0 Å². The number of quaternary nitrogens is 1. The van der Waals surface area contributed by atoms with E-state index in [1.54, 1.807) is 6.92 Å². The lowest BCUT2D eigenvalue weighted by molar-refractivity contribution is -0.867. The Morgan fingerprint density at radius 1 is 1.06 bits per heavy atom. The van der Waals surface area contributed by atoms with Gasteiger partial charge >= 0.3 is 0 Å². The van der Waals surface area contributed by atoms with Crippen LogP contribution in [0.15, 0.2) is 0 Å². The van der Waals surface area contributed by atoms with Crippen LogP contribution in [0, 0.1) is 5.41 Å². The molecule has 0 radical (unpaired) electrons. The van der Waals surface area contributed by atoms with E-state index < -0.39 is 0 Å². The molecular weight excluding hydrogens is 262 g/mol. The second-order valence-corrected chi connectivity index (χ2v) is 8.65. The molecule has 0 aromatic carbocycles. The summed E-state index contributed by atoms with van der Waals surface area (Å²) >= 11 is 0. The predicted molar refractivity (Wildman–Crippen MR) is 86.1 cm³/mol. The van der Waals surface area contributed by atoms with Crippen LogP contribution in [0.3, 0.4) is 0 Å². The first-order chi connectivity index (χ1) is 8.27. The van der Waals surface area contributed by atoms with Gasteiger partial charge in [0, 0.05) is 11.2 Å². The molecule has 0 heterocycles. The van der Waals surface area contributed by atoms with E-state index in [9.17, 15) is 4.79 Å². The first-order valence-corrected chi connectivity index (χ1v) is 9.32. The maximum atomic E-state index is 11.8. The van der Waals surface area contributed by atoms with Crippen LogP contribution in [-0.4, -0.2) is 49.5 Å². The summed E-state index contributed by atoms with van der Waals surface area (Å²) in [6, 6.07) is 0. The monoisotopic (exact) mass is 292 g/mol. The fourth-order valence-corrected chi connectivity index (χ4v) is 4.46. The first-order valence-electron chi connectivity index (χ1n) is 6.83. The van der Waals surface area contributed by atoms with Crippen molar-refractivity contribution in [2.24, 2.45) is 5.41 Å². The zero-order valence-corrected chi connectivity index (χ0v) is 14.5. The summed E-state index contributed by atoms with van der Waals surface area (Å²) in [4.78, 5) is 11.8. The molecule has 0 unspecified atom stereocenters. The van der Waals surface area contributed by atoms with Gasteiger partial charge in [0.25, 0.3) is 0 Å². The molecule has 0 bridgehead atoms. The van der Waals surface area contributed by atoms with Crippen LogP contribution in [0.4, 0.5) is 0 Å². The van der Waals surface area contributed by atoms with E-state index in [1.165, 1.54) is 12.3 Å². The quantitative estimate of drug-likeness (QED) is 0.346. The number of carbonyl (C=O) groups is 1. The topological polar surface area (TPSA) is 17.1 Å². The molecule has 0 atom stereocenters. The van der Waals surface area contributed by atoms with Crippen LogP contribution in [-0.2, 0) is 4.79 Å². The minimum absolute atomic E-state index is 0.0619. The number of nitrogens with zero attached hydrogens (tertiary/aromatic N) is 1. The lowest BCUT2D eigenvalue weighted by Gasteiger charge is -2.28. The van der Waals surface area contributed by atoms with Gasteiger partial charge in [0.1, 0.15) is 5.78 Å². The van der Waals surface area contributed by atoms with E-state index in [-0.39, 0.29) is 5.41 Å². The van der Waals surface area contributed by atoms with Crippen molar-refractivity contribution in [3.05, 3.63) is 0 Å². The van der Waals surface area contributed by atoms with Crippen molar-refractivity contribution in [1.29, 1.82) is 0 Å². The number of hydrogen-bond donors (Lipinski definition) is 0. The third kappa shape index (κ3) is 7.05. The summed E-state index contributed by atoms with van der Waals surface area (Å²) in [5.41, 5.74) is -0.0619. The maximum Gasteiger partial charge on any atom is 0.135 e. The number of ketones is 1. The van der Waals surface area contributed by atoms with Gasteiger partial charge in [-0.05, 0) is 26.2 Å². The SMILES string of the molecule is CCC(CC)(CCSSCC[N+](C)(C)C)C(C)=O. The summed E-state index contributed by atoms with van der Waals surface area (Å²) in [6.45, 7) is 7.22. The van der Waals surface area contributed by atoms with Crippen LogP contribution < -0.4 is 0 Å². The number of rotatable bonds is 10. The third-order valence-electron chi connectivity index (χ3n) is 3.69. The molecule has 0 amide bonds. The Morgan fingerprint density at radius 2 is 1.56 bits per heavy atom. The molecule has 0 aromatic heterocycles. The average molecular weight is 293 g/mol. The summed E-state index contributed by atoms with van der Waals surface area (Å²) in [6.07, 6.45) is 2.98. The van der Waals surface area contributed by atoms with Crippen LogP contribution in [0.1, 0.15) is 40.0 Å². The molecule has 0 rings (SSSR count). The molecule has 108 valence electrons. The highest BCUT2D eigenvalue weighted by atomic mass is 33.1. The molecule has 0 saturated heterocycles. The smallest absolute Gasteiger partial charge is 0.135 e. The fourth-order valence-electron chi connectivity index (χ4n) is 1.94. The van der Waals surface area contributed by atoms with Crippen LogP contribution in [0.2, 0.25) is 0 Å². The Labute approximate surface area is 121 Å². The molecule has 4 heteroatoms. The Hall–Kier alpha value is 0.330. The summed E-state index contributed by atoms with van der Waals surface area (Å²) < 4.78 is 1.02. The van der Waals surface area contributed by atoms with Crippen LogP contribution in [0.25, 0.3) is 0 Å². The molecule has 0 aliphatic carbocycles. The maximum absolute atomic E-state index is 11.8. The minimum atomic E-state index is -0.0619. The fraction of sp³-hybridized carbons (Fsp3) is 0.929. The Bertz CT molecular complexity index is 245. The zero-order valence-electron chi connectivity index (χ0n) is 12.9. The Morgan fingerprint density at radius 3 is 1.94 bits per heavy atom. The molecule has 0 N–H and O–H groups in total. The van der Waals surface area contributed by atoms with E-state index >= 15 is 0 Å². The van der Waals surface area contributed by atoms with Crippen molar-refractivity contribution in [2.45, 2.75) is 40.0 Å². The van der Waals surface area contributed by atoms with E-state index in [0.717, 1.165) is 29.5 Å². The van der Waals surface area contributed by atoms with Gasteiger partial charge in [-0.25, -0.2) is 0 Å². The molecule has 0 spiro atoms. The summed E-state index contributed by atoms with van der Waals surface area (Å²) in [7, 11) is 10.5. The second kappa shape index (κ2) is 8.49. The zero-order chi connectivity index (χ0) is 14.2. The molecule has 0 aliphatic rings. The molecule has 18 heavy (non-hydrogen) atoms. The van der Waals surface area contributed by atoms with E-state index in [0.29, 0.717) is 5.78 Å². The van der Waals surface area contributed by atoms with Gasteiger partial charge in [-0.1, -0.05) is 35.4 Å². The second-order valence-electron chi connectivity index (χ2n) is 5.95. The van der Waals surface area contributed by atoms with Crippen molar-refractivity contribution in [2.75, 3.05) is 39.2 Å². The average Bonchev–Trinajstić information content (AvgIpc) is 2.27. The van der Waals surface area contributed by atoms with Crippen molar-refractivity contribution < 1.29 is 9.28 Å². The predicted octanol–water partition coefficient (Wildman–Crippen LogP) is 3.86. The molecule has 0 aromatic rings. The van der Waals surface area contributed by atoms with E-state index in [1.807, 2.05) is 21.6 Å². The van der Waals surface area contributed by atoms with Gasteiger partial charge in [-0.15, -0.1) is 0 Å². The van der Waals surface area contributed by atoms with Crippen molar-refractivity contribution in [3.8, 4) is 0 Å². The first kappa shape index (κ1) is 18.3. The normalized spacial score (nSPS) is 12.8. The van der Waals surface area contributed by atoms with Crippen LogP contribution in [0.5, 0.6) is 0 Å². The highest BCUT2D eigenvalue weighted by molar-refractivity contribution is 8.76. The third-order valence-corrected chi connectivity index (χ3v) is 6.08. The van der Waals surface area contributed by atoms with Crippen molar-refractivity contribution in [1.82, 2.24) is 0 Å². The molecular formula is C14H30NOS2+. The summed E-state index contributed by atoms with van der Waals surface area (Å²) in [5.74, 6) is 2.63. The van der Waals surface area contributed by atoms with Gasteiger partial charge in [-0.2, -0.15) is 0 Å². The highest BCUT2D eigenvalue weighted by Crippen LogP contribution is 2.35. The van der Waals surface area contributed by atoms with Crippen molar-refractivity contribution >= 4 is 27.4 Å². The minimum Gasteiger partial charge on any atom is -0.330 e. The van der Waals surface area contributed by atoms with Gasteiger partial charge in [-0.3, -0.25) is 4.79 Å². The van der Waals surface area contributed by atoms with Crippen LogP contribution >= 0.6 is 21.6 Å². The largest absolute Gasteiger partial charge is 0.330 e. The lowest BCUT2D eigenvalue weighted by atomic mass is 9.76. The van der Waals surface area contributed by atoms with E-state index in [4.69, 9.17) is 0 Å².